The number of para-hydroxylation sites is 4. The lowest BCUT2D eigenvalue weighted by Crippen LogP contribution is -2.01. The minimum Gasteiger partial charge on any atom is -0.455 e. The van der Waals surface area contributed by atoms with E-state index in [4.69, 9.17) is 4.42 Å². The average Bonchev–Trinajstić information content (AvgIpc) is 3.88. The Morgan fingerprint density at radius 1 is 0.434 bits per heavy atom. The second-order valence-electron chi connectivity index (χ2n) is 13.6. The Morgan fingerprint density at radius 2 is 1.02 bits per heavy atom. The number of benzene rings is 8. The summed E-state index contributed by atoms with van der Waals surface area (Å²) in [5.74, 6) is 0. The highest BCUT2D eigenvalue weighted by molar-refractivity contribution is 6.24. The van der Waals surface area contributed by atoms with Gasteiger partial charge in [-0.1, -0.05) is 121 Å². The summed E-state index contributed by atoms with van der Waals surface area (Å²) in [5.41, 5.74) is 13.3. The van der Waals surface area contributed by atoms with E-state index in [9.17, 15) is 5.26 Å². The Hall–Kier alpha value is -7.35. The van der Waals surface area contributed by atoms with E-state index in [-0.39, 0.29) is 0 Å². The maximum atomic E-state index is 9.79. The molecule has 0 fully saturated rings. The van der Waals surface area contributed by atoms with Crippen molar-refractivity contribution >= 4 is 65.6 Å². The molecule has 53 heavy (non-hydrogen) atoms. The molecule has 246 valence electrons. The third-order valence-electron chi connectivity index (χ3n) is 10.8. The largest absolute Gasteiger partial charge is 0.455 e. The van der Waals surface area contributed by atoms with Crippen molar-refractivity contribution in [2.45, 2.75) is 0 Å². The molecule has 0 aliphatic carbocycles. The monoisotopic (exact) mass is 675 g/mol. The van der Waals surface area contributed by atoms with Gasteiger partial charge in [-0.3, -0.25) is 0 Å². The van der Waals surface area contributed by atoms with Gasteiger partial charge < -0.3 is 13.6 Å². The van der Waals surface area contributed by atoms with Crippen molar-refractivity contribution < 1.29 is 4.42 Å². The van der Waals surface area contributed by atoms with E-state index < -0.39 is 0 Å². The third kappa shape index (κ3) is 4.29. The molecular formula is C49H29N3O. The van der Waals surface area contributed by atoms with E-state index >= 15 is 0 Å². The molecule has 0 radical (unpaired) electrons. The molecule has 0 aliphatic rings. The maximum absolute atomic E-state index is 9.79. The smallest absolute Gasteiger partial charge is 0.145 e. The molecular weight excluding hydrogens is 647 g/mol. The van der Waals surface area contributed by atoms with Crippen LogP contribution in [-0.4, -0.2) is 9.13 Å². The molecule has 0 saturated carbocycles. The fraction of sp³-hybridized carbons (Fsp3) is 0. The summed E-state index contributed by atoms with van der Waals surface area (Å²) in [4.78, 5) is 0. The zero-order valence-electron chi connectivity index (χ0n) is 28.5. The number of rotatable bonds is 4. The molecule has 0 unspecified atom stereocenters. The lowest BCUT2D eigenvalue weighted by atomic mass is 9.96. The number of nitriles is 1. The maximum Gasteiger partial charge on any atom is 0.145 e. The Balaban J connectivity index is 1.20. The third-order valence-corrected chi connectivity index (χ3v) is 10.8. The van der Waals surface area contributed by atoms with Crippen molar-refractivity contribution in [2.75, 3.05) is 0 Å². The van der Waals surface area contributed by atoms with Crippen LogP contribution in [0, 0.1) is 11.3 Å². The molecule has 0 spiro atoms. The topological polar surface area (TPSA) is 46.8 Å². The van der Waals surface area contributed by atoms with Gasteiger partial charge in [-0.15, -0.1) is 0 Å². The van der Waals surface area contributed by atoms with Gasteiger partial charge in [0.05, 0.1) is 44.8 Å². The molecule has 0 saturated heterocycles. The van der Waals surface area contributed by atoms with Crippen LogP contribution in [0.25, 0.3) is 99.2 Å². The summed E-state index contributed by atoms with van der Waals surface area (Å²) in [6.45, 7) is 0. The van der Waals surface area contributed by atoms with Gasteiger partial charge in [-0.2, -0.15) is 5.26 Å². The summed E-state index contributed by atoms with van der Waals surface area (Å²) in [7, 11) is 0. The number of hydrogen-bond donors (Lipinski definition) is 0. The Labute approximate surface area is 304 Å². The van der Waals surface area contributed by atoms with Crippen LogP contribution in [0.4, 0.5) is 0 Å². The number of furan rings is 1. The highest BCUT2D eigenvalue weighted by Gasteiger charge is 2.21. The molecule has 3 heterocycles. The molecule has 0 aliphatic heterocycles. The van der Waals surface area contributed by atoms with Gasteiger partial charge in [0.15, 0.2) is 0 Å². The van der Waals surface area contributed by atoms with Crippen LogP contribution in [0.5, 0.6) is 0 Å². The van der Waals surface area contributed by atoms with Crippen molar-refractivity contribution in [1.82, 2.24) is 9.13 Å². The number of hydrogen-bond acceptors (Lipinski definition) is 2. The predicted octanol–water partition coefficient (Wildman–Crippen LogP) is 13.0. The summed E-state index contributed by atoms with van der Waals surface area (Å²) >= 11 is 0. The van der Waals surface area contributed by atoms with Crippen LogP contribution in [0.2, 0.25) is 0 Å². The van der Waals surface area contributed by atoms with Gasteiger partial charge in [0.25, 0.3) is 0 Å². The minimum atomic E-state index is 0.668. The average molecular weight is 676 g/mol. The molecule has 0 bridgehead atoms. The first-order valence-corrected chi connectivity index (χ1v) is 17.8. The van der Waals surface area contributed by atoms with Gasteiger partial charge >= 0.3 is 0 Å². The first-order valence-electron chi connectivity index (χ1n) is 17.8. The van der Waals surface area contributed by atoms with Crippen molar-refractivity contribution in [3.8, 4) is 39.7 Å². The molecule has 3 aromatic heterocycles. The van der Waals surface area contributed by atoms with Gasteiger partial charge in [-0.05, 0) is 71.3 Å². The van der Waals surface area contributed by atoms with Gasteiger partial charge in [0.2, 0.25) is 0 Å². The first kappa shape index (κ1) is 29.4. The van der Waals surface area contributed by atoms with E-state index in [1.165, 1.54) is 10.8 Å². The fourth-order valence-corrected chi connectivity index (χ4v) is 8.45. The molecule has 4 nitrogen and oxygen atoms in total. The summed E-state index contributed by atoms with van der Waals surface area (Å²) < 4.78 is 11.4. The molecule has 0 atom stereocenters. The van der Waals surface area contributed by atoms with Crippen molar-refractivity contribution in [3.63, 3.8) is 0 Å². The van der Waals surface area contributed by atoms with Crippen LogP contribution in [0.15, 0.2) is 180 Å². The second-order valence-corrected chi connectivity index (χ2v) is 13.6. The highest BCUT2D eigenvalue weighted by atomic mass is 16.3. The Bertz CT molecular complexity index is 3240. The van der Waals surface area contributed by atoms with Crippen molar-refractivity contribution in [2.24, 2.45) is 0 Å². The van der Waals surface area contributed by atoms with E-state index in [1.807, 2.05) is 36.4 Å². The molecule has 0 N–H and O–H groups in total. The number of fused-ring (bicyclic) bond motifs is 10. The zero-order chi connectivity index (χ0) is 35.0. The molecule has 4 heteroatoms. The number of nitrogens with zero attached hydrogens (tertiary/aromatic N) is 3. The molecule has 0 amide bonds. The minimum absolute atomic E-state index is 0.668. The Kier molecular flexibility index (Phi) is 6.28. The fourth-order valence-electron chi connectivity index (χ4n) is 8.45. The van der Waals surface area contributed by atoms with E-state index in [2.05, 4.69) is 155 Å². The summed E-state index contributed by atoms with van der Waals surface area (Å²) in [6.07, 6.45) is 0. The van der Waals surface area contributed by atoms with Crippen LogP contribution >= 0.6 is 0 Å². The quantitative estimate of drug-likeness (QED) is 0.186. The van der Waals surface area contributed by atoms with Gasteiger partial charge in [0, 0.05) is 38.2 Å². The van der Waals surface area contributed by atoms with Crippen LogP contribution in [0.1, 0.15) is 5.56 Å². The number of aromatic nitrogens is 2. The lowest BCUT2D eigenvalue weighted by Gasteiger charge is -2.18. The van der Waals surface area contributed by atoms with Crippen molar-refractivity contribution in [1.29, 1.82) is 5.26 Å². The molecule has 8 aromatic carbocycles. The van der Waals surface area contributed by atoms with Gasteiger partial charge in [0.1, 0.15) is 11.2 Å². The van der Waals surface area contributed by atoms with Crippen molar-refractivity contribution in [3.05, 3.63) is 181 Å². The van der Waals surface area contributed by atoms with Crippen LogP contribution in [-0.2, 0) is 0 Å². The van der Waals surface area contributed by atoms with Gasteiger partial charge in [-0.25, -0.2) is 0 Å². The van der Waals surface area contributed by atoms with E-state index in [0.717, 1.165) is 88.4 Å². The summed E-state index contributed by atoms with van der Waals surface area (Å²) in [5, 5.41) is 16.7. The normalized spacial score (nSPS) is 11.8. The first-order chi connectivity index (χ1) is 26.3. The second kappa shape index (κ2) is 11.3. The van der Waals surface area contributed by atoms with E-state index in [0.29, 0.717) is 5.56 Å². The standard InChI is InChI=1S/C49H29N3O/c50-30-33-11-1-2-12-35(33)31-21-23-32(24-22-31)36-26-25-34(29-46(36)52-42-17-7-3-13-37(42)38-14-4-8-18-43(38)52)51-44-19-9-5-16-41(44)48-45(51)28-27-40-39-15-6-10-20-47(39)53-49(40)48/h1-29H. The SMILES string of the molecule is N#Cc1ccccc1-c1ccc(-c2ccc(-n3c4ccccc4c4c5oc6ccccc6c5ccc43)cc2-n2c3ccccc3c3ccccc32)cc1. The van der Waals surface area contributed by atoms with Crippen LogP contribution < -0.4 is 0 Å². The lowest BCUT2D eigenvalue weighted by molar-refractivity contribution is 0.673. The zero-order valence-corrected chi connectivity index (χ0v) is 28.5. The highest BCUT2D eigenvalue weighted by Crippen LogP contribution is 2.43. The molecule has 11 aromatic rings. The van der Waals surface area contributed by atoms with Crippen LogP contribution in [0.3, 0.4) is 0 Å². The molecule has 11 rings (SSSR count). The Morgan fingerprint density at radius 3 is 1.74 bits per heavy atom. The summed E-state index contributed by atoms with van der Waals surface area (Å²) in [6, 6.07) is 64.2. The van der Waals surface area contributed by atoms with E-state index in [1.54, 1.807) is 0 Å². The predicted molar refractivity (Wildman–Crippen MR) is 218 cm³/mol.